The lowest BCUT2D eigenvalue weighted by Crippen LogP contribution is -2.28. The van der Waals surface area contributed by atoms with Crippen LogP contribution in [0.3, 0.4) is 0 Å². The number of nitrogens with zero attached hydrogens (tertiary/aromatic N) is 1. The molecular weight excluding hydrogens is 205 g/mol. The number of hydrogen-bond acceptors (Lipinski definition) is 1. The molecule has 0 aromatic carbocycles. The van der Waals surface area contributed by atoms with Crippen molar-refractivity contribution in [1.82, 2.24) is 0 Å². The highest BCUT2D eigenvalue weighted by molar-refractivity contribution is 5.32. The SMILES string of the molecule is C/C(C#N)=C\C1(C(F)(F)F)CC1(F)F. The second-order valence-corrected chi connectivity index (χ2v) is 3.29. The first kappa shape index (κ1) is 11.0. The second-order valence-electron chi connectivity index (χ2n) is 3.29. The summed E-state index contributed by atoms with van der Waals surface area (Å²) in [6.07, 6.45) is -5.95. The molecule has 0 bridgehead atoms. The van der Waals surface area contributed by atoms with Crippen molar-refractivity contribution in [2.75, 3.05) is 0 Å². The van der Waals surface area contributed by atoms with E-state index in [1.807, 2.05) is 0 Å². The average Bonchev–Trinajstić information content (AvgIpc) is 2.53. The number of rotatable bonds is 1. The predicted molar refractivity (Wildman–Crippen MR) is 37.4 cm³/mol. The molecule has 1 atom stereocenters. The Bertz CT molecular complexity index is 322. The van der Waals surface area contributed by atoms with Crippen LogP contribution in [0.4, 0.5) is 22.0 Å². The molecule has 1 aliphatic carbocycles. The minimum Gasteiger partial charge on any atom is -0.205 e. The average molecular weight is 211 g/mol. The van der Waals surface area contributed by atoms with Crippen molar-refractivity contribution >= 4 is 0 Å². The van der Waals surface area contributed by atoms with Gasteiger partial charge in [-0.25, -0.2) is 8.78 Å². The third-order valence-corrected chi connectivity index (χ3v) is 2.17. The Morgan fingerprint density at radius 3 is 2.07 bits per heavy atom. The van der Waals surface area contributed by atoms with Gasteiger partial charge in [0.1, 0.15) is 0 Å². The predicted octanol–water partition coefficient (Wildman–Crippen LogP) is 3.04. The summed E-state index contributed by atoms with van der Waals surface area (Å²) in [7, 11) is 0. The summed E-state index contributed by atoms with van der Waals surface area (Å²) in [6, 6.07) is 1.40. The van der Waals surface area contributed by atoms with Gasteiger partial charge in [-0.1, -0.05) is 0 Å². The van der Waals surface area contributed by atoms with Crippen LogP contribution in [-0.4, -0.2) is 12.1 Å². The summed E-state index contributed by atoms with van der Waals surface area (Å²) in [5, 5.41) is 8.23. The van der Waals surface area contributed by atoms with Crippen molar-refractivity contribution in [3.05, 3.63) is 11.6 Å². The van der Waals surface area contributed by atoms with Gasteiger partial charge < -0.3 is 0 Å². The van der Waals surface area contributed by atoms with Crippen molar-refractivity contribution < 1.29 is 22.0 Å². The maximum atomic E-state index is 12.6. The molecule has 14 heavy (non-hydrogen) atoms. The normalized spacial score (nSPS) is 31.1. The topological polar surface area (TPSA) is 23.8 Å². The van der Waals surface area contributed by atoms with Crippen molar-refractivity contribution in [2.24, 2.45) is 5.41 Å². The monoisotopic (exact) mass is 211 g/mol. The lowest BCUT2D eigenvalue weighted by molar-refractivity contribution is -0.195. The zero-order valence-corrected chi connectivity index (χ0v) is 7.12. The highest BCUT2D eigenvalue weighted by Crippen LogP contribution is 2.69. The van der Waals surface area contributed by atoms with Crippen LogP contribution >= 0.6 is 0 Å². The molecular formula is C8H6F5N. The van der Waals surface area contributed by atoms with Crippen molar-refractivity contribution in [3.63, 3.8) is 0 Å². The van der Waals surface area contributed by atoms with E-state index < -0.39 is 23.9 Å². The third kappa shape index (κ3) is 1.37. The minimum atomic E-state index is -5.01. The highest BCUT2D eigenvalue weighted by atomic mass is 19.4. The fraction of sp³-hybridized carbons (Fsp3) is 0.625. The maximum Gasteiger partial charge on any atom is 0.403 e. The van der Waals surface area contributed by atoms with E-state index in [9.17, 15) is 22.0 Å². The second kappa shape index (κ2) is 2.69. The zero-order chi connectivity index (χ0) is 11.2. The van der Waals surface area contributed by atoms with Crippen LogP contribution in [0.15, 0.2) is 11.6 Å². The van der Waals surface area contributed by atoms with Gasteiger partial charge in [-0.3, -0.25) is 0 Å². The van der Waals surface area contributed by atoms with Gasteiger partial charge in [-0.05, 0) is 13.0 Å². The van der Waals surface area contributed by atoms with E-state index in [1.54, 1.807) is 0 Å². The lowest BCUT2D eigenvalue weighted by Gasteiger charge is -2.16. The van der Waals surface area contributed by atoms with Gasteiger partial charge in [0.15, 0.2) is 5.41 Å². The van der Waals surface area contributed by atoms with E-state index in [0.29, 0.717) is 6.08 Å². The Labute approximate surface area is 76.8 Å². The van der Waals surface area contributed by atoms with E-state index in [4.69, 9.17) is 5.26 Å². The van der Waals surface area contributed by atoms with Gasteiger partial charge in [0.05, 0.1) is 6.07 Å². The molecule has 0 aliphatic heterocycles. The van der Waals surface area contributed by atoms with Gasteiger partial charge >= 0.3 is 6.18 Å². The molecule has 0 spiro atoms. The van der Waals surface area contributed by atoms with Gasteiger partial charge in [0, 0.05) is 12.0 Å². The fourth-order valence-electron chi connectivity index (χ4n) is 1.25. The van der Waals surface area contributed by atoms with Crippen molar-refractivity contribution in [3.8, 4) is 6.07 Å². The first-order chi connectivity index (χ1) is 6.16. The van der Waals surface area contributed by atoms with Crippen LogP contribution < -0.4 is 0 Å². The van der Waals surface area contributed by atoms with Crippen LogP contribution in [0.5, 0.6) is 0 Å². The van der Waals surface area contributed by atoms with Crippen LogP contribution in [0.25, 0.3) is 0 Å². The molecule has 0 radical (unpaired) electrons. The number of alkyl halides is 5. The molecule has 1 rings (SSSR count). The van der Waals surface area contributed by atoms with E-state index in [2.05, 4.69) is 0 Å². The summed E-state index contributed by atoms with van der Waals surface area (Å²) in [6.45, 7) is 1.07. The smallest absolute Gasteiger partial charge is 0.205 e. The summed E-state index contributed by atoms with van der Waals surface area (Å²) >= 11 is 0. The zero-order valence-electron chi connectivity index (χ0n) is 7.12. The molecule has 0 saturated heterocycles. The molecule has 1 fully saturated rings. The first-order valence-electron chi connectivity index (χ1n) is 3.70. The third-order valence-electron chi connectivity index (χ3n) is 2.17. The quantitative estimate of drug-likeness (QED) is 0.483. The summed E-state index contributed by atoms with van der Waals surface area (Å²) in [5.41, 5.74) is -3.46. The van der Waals surface area contributed by atoms with Gasteiger partial charge in [0.2, 0.25) is 0 Å². The molecule has 0 aromatic rings. The lowest BCUT2D eigenvalue weighted by atomic mass is 10.0. The molecule has 1 aliphatic rings. The van der Waals surface area contributed by atoms with Gasteiger partial charge in [-0.15, -0.1) is 0 Å². The standard InChI is InChI=1S/C8H6F5N/c1-5(3-14)2-6(8(11,12)13)4-7(6,9)10/h2H,4H2,1H3/b5-2+. The van der Waals surface area contributed by atoms with E-state index in [0.717, 1.165) is 6.92 Å². The number of nitriles is 1. The van der Waals surface area contributed by atoms with Crippen molar-refractivity contribution in [2.45, 2.75) is 25.4 Å². The molecule has 0 N–H and O–H groups in total. The highest BCUT2D eigenvalue weighted by Gasteiger charge is 2.82. The van der Waals surface area contributed by atoms with Gasteiger partial charge in [0.25, 0.3) is 5.92 Å². The Balaban J connectivity index is 3.08. The largest absolute Gasteiger partial charge is 0.403 e. The fourth-order valence-corrected chi connectivity index (χ4v) is 1.25. The molecule has 6 heteroatoms. The molecule has 78 valence electrons. The summed E-state index contributed by atoms with van der Waals surface area (Å²) in [5.74, 6) is -3.77. The Morgan fingerprint density at radius 1 is 1.43 bits per heavy atom. The molecule has 1 saturated carbocycles. The van der Waals surface area contributed by atoms with Gasteiger partial charge in [-0.2, -0.15) is 18.4 Å². The molecule has 0 amide bonds. The minimum absolute atomic E-state index is 0.312. The number of allylic oxidation sites excluding steroid dienone is 2. The van der Waals surface area contributed by atoms with E-state index in [1.165, 1.54) is 6.07 Å². The number of halogens is 5. The molecule has 1 unspecified atom stereocenters. The van der Waals surface area contributed by atoms with E-state index in [-0.39, 0.29) is 5.57 Å². The van der Waals surface area contributed by atoms with Crippen LogP contribution in [0.2, 0.25) is 0 Å². The summed E-state index contributed by atoms with van der Waals surface area (Å²) < 4.78 is 61.9. The van der Waals surface area contributed by atoms with Crippen molar-refractivity contribution in [1.29, 1.82) is 5.26 Å². The van der Waals surface area contributed by atoms with Crippen LogP contribution in [0.1, 0.15) is 13.3 Å². The van der Waals surface area contributed by atoms with E-state index >= 15 is 0 Å². The maximum absolute atomic E-state index is 12.6. The first-order valence-corrected chi connectivity index (χ1v) is 3.70. The number of hydrogen-bond donors (Lipinski definition) is 0. The molecule has 0 heterocycles. The molecule has 1 nitrogen and oxygen atoms in total. The Hall–Kier alpha value is -1.12. The Morgan fingerprint density at radius 2 is 1.86 bits per heavy atom. The van der Waals surface area contributed by atoms with Crippen LogP contribution in [-0.2, 0) is 0 Å². The molecule has 0 aromatic heterocycles. The Kier molecular flexibility index (Phi) is 2.10. The summed E-state index contributed by atoms with van der Waals surface area (Å²) in [4.78, 5) is 0. The van der Waals surface area contributed by atoms with Crippen LogP contribution in [0, 0.1) is 16.7 Å².